The Morgan fingerprint density at radius 2 is 1.92 bits per heavy atom. The first-order chi connectivity index (χ1) is 11.6. The van der Waals surface area contributed by atoms with Crippen molar-refractivity contribution in [3.8, 4) is 6.07 Å². The Hall–Kier alpha value is -1.38. The molecular formula is C19H27N3OS. The fraction of sp³-hybridized carbons (Fsp3) is 0.684. The molecule has 2 heterocycles. The fourth-order valence-electron chi connectivity index (χ4n) is 4.07. The molecule has 0 spiro atoms. The van der Waals surface area contributed by atoms with Gasteiger partial charge in [-0.3, -0.25) is 9.69 Å². The summed E-state index contributed by atoms with van der Waals surface area (Å²) in [7, 11) is 0. The monoisotopic (exact) mass is 345 g/mol. The van der Waals surface area contributed by atoms with E-state index in [1.807, 2.05) is 0 Å². The molecule has 2 unspecified atom stereocenters. The summed E-state index contributed by atoms with van der Waals surface area (Å²) in [6.45, 7) is 4.84. The van der Waals surface area contributed by atoms with Crippen LogP contribution < -0.4 is 5.32 Å². The minimum atomic E-state index is 0.0171. The van der Waals surface area contributed by atoms with E-state index in [1.54, 1.807) is 11.3 Å². The van der Waals surface area contributed by atoms with Crippen LogP contribution in [0.1, 0.15) is 68.4 Å². The van der Waals surface area contributed by atoms with Gasteiger partial charge in [0.15, 0.2) is 0 Å². The maximum atomic E-state index is 12.6. The van der Waals surface area contributed by atoms with Crippen molar-refractivity contribution in [1.29, 1.82) is 5.26 Å². The number of nitriles is 1. The molecule has 2 atom stereocenters. The summed E-state index contributed by atoms with van der Waals surface area (Å²) in [6, 6.07) is 3.25. The number of hydrogen-bond donors (Lipinski definition) is 1. The normalized spacial score (nSPS) is 24.7. The molecule has 2 aliphatic rings. The largest absolute Gasteiger partial charge is 0.315 e. The minimum Gasteiger partial charge on any atom is -0.315 e. The van der Waals surface area contributed by atoms with Gasteiger partial charge in [0.1, 0.15) is 11.1 Å². The summed E-state index contributed by atoms with van der Waals surface area (Å²) in [5.41, 5.74) is 1.90. The summed E-state index contributed by atoms with van der Waals surface area (Å²) in [6.07, 6.45) is 9.16. The zero-order valence-electron chi connectivity index (χ0n) is 14.7. The summed E-state index contributed by atoms with van der Waals surface area (Å²) in [5.74, 6) is 0.0171. The van der Waals surface area contributed by atoms with E-state index in [0.29, 0.717) is 24.2 Å². The van der Waals surface area contributed by atoms with E-state index in [9.17, 15) is 10.1 Å². The number of anilines is 1. The average molecular weight is 346 g/mol. The molecule has 0 saturated carbocycles. The molecule has 130 valence electrons. The first-order valence-electron chi connectivity index (χ1n) is 9.20. The Labute approximate surface area is 148 Å². The molecule has 24 heavy (non-hydrogen) atoms. The van der Waals surface area contributed by atoms with Crippen LogP contribution in [-0.4, -0.2) is 29.4 Å². The van der Waals surface area contributed by atoms with E-state index in [0.717, 1.165) is 37.1 Å². The minimum absolute atomic E-state index is 0.0171. The topological polar surface area (TPSA) is 56.1 Å². The maximum absolute atomic E-state index is 12.6. The van der Waals surface area contributed by atoms with Crippen molar-refractivity contribution in [2.75, 3.05) is 11.9 Å². The second-order valence-corrected chi connectivity index (χ2v) is 8.34. The first-order valence-corrected chi connectivity index (χ1v) is 10.0. The third kappa shape index (κ3) is 3.65. The lowest BCUT2D eigenvalue weighted by Gasteiger charge is -2.38. The summed E-state index contributed by atoms with van der Waals surface area (Å²) >= 11 is 1.62. The molecule has 5 heteroatoms. The third-order valence-corrected chi connectivity index (χ3v) is 6.70. The lowest BCUT2D eigenvalue weighted by atomic mass is 9.97. The molecule has 0 aromatic carbocycles. The van der Waals surface area contributed by atoms with E-state index in [1.165, 1.54) is 29.7 Å². The Kier molecular flexibility index (Phi) is 5.57. The van der Waals surface area contributed by atoms with Crippen LogP contribution in [0.3, 0.4) is 0 Å². The molecule has 1 fully saturated rings. The van der Waals surface area contributed by atoms with Crippen LogP contribution in [0.15, 0.2) is 0 Å². The van der Waals surface area contributed by atoms with Gasteiger partial charge in [0.2, 0.25) is 5.91 Å². The van der Waals surface area contributed by atoms with Gasteiger partial charge in [0.25, 0.3) is 0 Å². The van der Waals surface area contributed by atoms with Gasteiger partial charge in [0, 0.05) is 17.0 Å². The van der Waals surface area contributed by atoms with Gasteiger partial charge in [-0.25, -0.2) is 0 Å². The molecule has 0 bridgehead atoms. The number of amides is 1. The molecule has 1 aliphatic heterocycles. The van der Waals surface area contributed by atoms with Crippen molar-refractivity contribution in [1.82, 2.24) is 4.90 Å². The molecule has 1 aromatic rings. The zero-order chi connectivity index (χ0) is 17.1. The quantitative estimate of drug-likeness (QED) is 0.840. The molecule has 3 rings (SSSR count). The molecule has 1 aromatic heterocycles. The van der Waals surface area contributed by atoms with E-state index in [4.69, 9.17) is 0 Å². The molecule has 1 amide bonds. The molecule has 4 nitrogen and oxygen atoms in total. The van der Waals surface area contributed by atoms with Crippen LogP contribution in [0.5, 0.6) is 0 Å². The SMILES string of the molecule is CC1CCCC(C)N1CC(=O)Nc1sc2c(c1C#N)CCCCC2. The van der Waals surface area contributed by atoms with E-state index >= 15 is 0 Å². The van der Waals surface area contributed by atoms with Crippen molar-refractivity contribution in [3.05, 3.63) is 16.0 Å². The van der Waals surface area contributed by atoms with Crippen LogP contribution in [0, 0.1) is 11.3 Å². The van der Waals surface area contributed by atoms with Crippen LogP contribution in [-0.2, 0) is 17.6 Å². The highest BCUT2D eigenvalue weighted by Gasteiger charge is 2.27. The smallest absolute Gasteiger partial charge is 0.239 e. The Morgan fingerprint density at radius 3 is 2.62 bits per heavy atom. The van der Waals surface area contributed by atoms with E-state index < -0.39 is 0 Å². The van der Waals surface area contributed by atoms with E-state index in [-0.39, 0.29) is 5.91 Å². The Balaban J connectivity index is 1.71. The van der Waals surface area contributed by atoms with Crippen LogP contribution in [0.2, 0.25) is 0 Å². The van der Waals surface area contributed by atoms with Crippen molar-refractivity contribution in [3.63, 3.8) is 0 Å². The van der Waals surface area contributed by atoms with Crippen molar-refractivity contribution in [2.24, 2.45) is 0 Å². The molecule has 1 aliphatic carbocycles. The van der Waals surface area contributed by atoms with Crippen LogP contribution in [0.4, 0.5) is 5.00 Å². The third-order valence-electron chi connectivity index (χ3n) is 5.49. The lowest BCUT2D eigenvalue weighted by molar-refractivity contribution is -0.118. The van der Waals surface area contributed by atoms with Crippen LogP contribution >= 0.6 is 11.3 Å². The average Bonchev–Trinajstić information content (AvgIpc) is 2.71. The number of fused-ring (bicyclic) bond motifs is 1. The van der Waals surface area contributed by atoms with Gasteiger partial charge < -0.3 is 5.32 Å². The first kappa shape index (κ1) is 17.4. The number of nitrogens with one attached hydrogen (secondary N) is 1. The number of thiophene rings is 1. The standard InChI is InChI=1S/C19H27N3OS/c1-13-7-6-8-14(2)22(13)12-18(23)21-19-16(11-20)15-9-4-3-5-10-17(15)24-19/h13-14H,3-10,12H2,1-2H3,(H,21,23). The van der Waals surface area contributed by atoms with Gasteiger partial charge in [-0.05, 0) is 57.9 Å². The summed E-state index contributed by atoms with van der Waals surface area (Å²) in [4.78, 5) is 16.2. The predicted octanol–water partition coefficient (Wildman–Crippen LogP) is 4.09. The molecular weight excluding hydrogens is 318 g/mol. The van der Waals surface area contributed by atoms with Crippen molar-refractivity contribution in [2.45, 2.75) is 77.3 Å². The number of rotatable bonds is 3. The van der Waals surface area contributed by atoms with Gasteiger partial charge in [-0.1, -0.05) is 12.8 Å². The fourth-order valence-corrected chi connectivity index (χ4v) is 5.32. The number of aryl methyl sites for hydroxylation is 1. The van der Waals surface area contributed by atoms with Gasteiger partial charge in [0.05, 0.1) is 12.1 Å². The van der Waals surface area contributed by atoms with Crippen molar-refractivity contribution >= 4 is 22.2 Å². The number of piperidine rings is 1. The number of likely N-dealkylation sites (tertiary alicyclic amines) is 1. The highest BCUT2D eigenvalue weighted by Crippen LogP contribution is 2.37. The molecule has 0 radical (unpaired) electrons. The lowest BCUT2D eigenvalue weighted by Crippen LogP contribution is -2.47. The van der Waals surface area contributed by atoms with Crippen LogP contribution in [0.25, 0.3) is 0 Å². The van der Waals surface area contributed by atoms with Gasteiger partial charge in [-0.15, -0.1) is 11.3 Å². The van der Waals surface area contributed by atoms with Crippen molar-refractivity contribution < 1.29 is 4.79 Å². The molecule has 1 saturated heterocycles. The zero-order valence-corrected chi connectivity index (χ0v) is 15.5. The van der Waals surface area contributed by atoms with Gasteiger partial charge >= 0.3 is 0 Å². The maximum Gasteiger partial charge on any atom is 0.239 e. The second-order valence-electron chi connectivity index (χ2n) is 7.23. The highest BCUT2D eigenvalue weighted by molar-refractivity contribution is 7.16. The highest BCUT2D eigenvalue weighted by atomic mass is 32.1. The Morgan fingerprint density at radius 1 is 1.21 bits per heavy atom. The summed E-state index contributed by atoms with van der Waals surface area (Å²) in [5, 5.41) is 13.4. The number of nitrogens with zero attached hydrogens (tertiary/aromatic N) is 2. The Bertz CT molecular complexity index is 636. The predicted molar refractivity (Wildman–Crippen MR) is 98.4 cm³/mol. The number of hydrogen-bond acceptors (Lipinski definition) is 4. The number of carbonyl (C=O) groups is 1. The summed E-state index contributed by atoms with van der Waals surface area (Å²) < 4.78 is 0. The number of carbonyl (C=O) groups excluding carboxylic acids is 1. The second kappa shape index (κ2) is 7.67. The molecule has 1 N–H and O–H groups in total. The van der Waals surface area contributed by atoms with E-state index in [2.05, 4.69) is 30.1 Å². The van der Waals surface area contributed by atoms with Gasteiger partial charge in [-0.2, -0.15) is 5.26 Å².